The summed E-state index contributed by atoms with van der Waals surface area (Å²) >= 11 is 6.04. The van der Waals surface area contributed by atoms with Gasteiger partial charge in [-0.3, -0.25) is 19.1 Å². The lowest BCUT2D eigenvalue weighted by Crippen LogP contribution is -2.42. The van der Waals surface area contributed by atoms with E-state index in [0.29, 0.717) is 49.2 Å². The number of hydrogen-bond donors (Lipinski definition) is 2. The zero-order valence-electron chi connectivity index (χ0n) is 19.9. The van der Waals surface area contributed by atoms with Crippen LogP contribution in [0.3, 0.4) is 0 Å². The van der Waals surface area contributed by atoms with Gasteiger partial charge in [-0.05, 0) is 55.9 Å². The summed E-state index contributed by atoms with van der Waals surface area (Å²) in [6.07, 6.45) is 2.93. The third-order valence-electron chi connectivity index (χ3n) is 5.38. The van der Waals surface area contributed by atoms with Crippen molar-refractivity contribution in [2.45, 2.75) is 66.3 Å². The van der Waals surface area contributed by atoms with Gasteiger partial charge in [0.05, 0.1) is 6.61 Å². The van der Waals surface area contributed by atoms with Crippen LogP contribution in [-0.4, -0.2) is 28.6 Å². The Hall–Kier alpha value is -2.74. The van der Waals surface area contributed by atoms with Crippen molar-refractivity contribution in [2.75, 3.05) is 23.8 Å². The van der Waals surface area contributed by atoms with Gasteiger partial charge in [-0.1, -0.05) is 38.8 Å². The number of hydrogen-bond acceptors (Lipinski definition) is 5. The number of anilines is 2. The highest BCUT2D eigenvalue weighted by atomic mass is 35.5. The van der Waals surface area contributed by atoms with Crippen LogP contribution in [0.15, 0.2) is 27.8 Å². The van der Waals surface area contributed by atoms with Crippen molar-refractivity contribution < 1.29 is 9.53 Å². The standard InChI is InChI=1S/C24H35ClN4O4/c1-5-6-12-29-22(26)21(23(31)27-24(29)32)28(13-11-16(2)3)20(30)8-7-14-33-18-9-10-19(25)17(4)15-18/h9-10,15-16H,5-8,11-14,26H2,1-4H3,(H,27,31,32). The SMILES string of the molecule is CCCCn1c(N)c(N(CCC(C)C)C(=O)CCCOc2ccc(Cl)c(C)c2)c(=O)[nH]c1=O. The Balaban J connectivity index is 2.18. The fourth-order valence-corrected chi connectivity index (χ4v) is 3.50. The Morgan fingerprint density at radius 1 is 1.27 bits per heavy atom. The van der Waals surface area contributed by atoms with E-state index in [4.69, 9.17) is 22.1 Å². The highest BCUT2D eigenvalue weighted by molar-refractivity contribution is 6.31. The Bertz CT molecular complexity index is 1060. The molecule has 1 aromatic carbocycles. The maximum atomic E-state index is 13.1. The molecule has 2 aromatic rings. The average molecular weight is 479 g/mol. The second-order valence-electron chi connectivity index (χ2n) is 8.59. The number of nitrogen functional groups attached to an aromatic ring is 1. The molecule has 9 heteroatoms. The van der Waals surface area contributed by atoms with E-state index in [0.717, 1.165) is 18.4 Å². The van der Waals surface area contributed by atoms with E-state index in [1.807, 2.05) is 33.8 Å². The number of H-pyrrole nitrogens is 1. The lowest BCUT2D eigenvalue weighted by molar-refractivity contribution is -0.118. The molecule has 0 saturated carbocycles. The number of aryl methyl sites for hydroxylation is 1. The third-order valence-corrected chi connectivity index (χ3v) is 5.81. The zero-order valence-corrected chi connectivity index (χ0v) is 20.7. The summed E-state index contributed by atoms with van der Waals surface area (Å²) in [5.74, 6) is 0.805. The summed E-state index contributed by atoms with van der Waals surface area (Å²) in [7, 11) is 0. The highest BCUT2D eigenvalue weighted by Gasteiger charge is 2.24. The van der Waals surface area contributed by atoms with Crippen LogP contribution in [0.5, 0.6) is 5.75 Å². The van der Waals surface area contributed by atoms with Gasteiger partial charge in [-0.25, -0.2) is 4.79 Å². The number of nitrogens with two attached hydrogens (primary N) is 1. The summed E-state index contributed by atoms with van der Waals surface area (Å²) in [4.78, 5) is 41.8. The molecule has 1 aromatic heterocycles. The number of aromatic nitrogens is 2. The molecule has 33 heavy (non-hydrogen) atoms. The third kappa shape index (κ3) is 7.39. The van der Waals surface area contributed by atoms with Gasteiger partial charge in [-0.2, -0.15) is 0 Å². The average Bonchev–Trinajstić information content (AvgIpc) is 2.75. The fourth-order valence-electron chi connectivity index (χ4n) is 3.38. The molecule has 0 fully saturated rings. The van der Waals surface area contributed by atoms with Crippen molar-refractivity contribution in [1.82, 2.24) is 9.55 Å². The van der Waals surface area contributed by atoms with E-state index < -0.39 is 11.2 Å². The molecule has 182 valence electrons. The second-order valence-corrected chi connectivity index (χ2v) is 9.00. The number of halogens is 1. The van der Waals surface area contributed by atoms with Crippen LogP contribution in [0.2, 0.25) is 5.02 Å². The van der Waals surface area contributed by atoms with Crippen LogP contribution >= 0.6 is 11.6 Å². The zero-order chi connectivity index (χ0) is 24.5. The molecule has 0 unspecified atom stereocenters. The van der Waals surface area contributed by atoms with Gasteiger partial charge >= 0.3 is 5.69 Å². The second kappa shape index (κ2) is 12.5. The summed E-state index contributed by atoms with van der Waals surface area (Å²) in [5.41, 5.74) is 6.00. The Morgan fingerprint density at radius 2 is 2.00 bits per heavy atom. The lowest BCUT2D eigenvalue weighted by atomic mass is 10.1. The maximum Gasteiger partial charge on any atom is 0.330 e. The fraction of sp³-hybridized carbons (Fsp3) is 0.542. The first-order valence-corrected chi connectivity index (χ1v) is 11.8. The predicted octanol–water partition coefficient (Wildman–Crippen LogP) is 4.12. The Morgan fingerprint density at radius 3 is 2.64 bits per heavy atom. The highest BCUT2D eigenvalue weighted by Crippen LogP contribution is 2.22. The molecule has 0 bridgehead atoms. The van der Waals surface area contributed by atoms with Gasteiger partial charge in [0.2, 0.25) is 5.91 Å². The number of unbranched alkanes of at least 4 members (excludes halogenated alkanes) is 1. The first kappa shape index (κ1) is 26.5. The van der Waals surface area contributed by atoms with E-state index in [2.05, 4.69) is 4.98 Å². The molecular formula is C24H35ClN4O4. The number of benzene rings is 1. The first-order valence-electron chi connectivity index (χ1n) is 11.5. The van der Waals surface area contributed by atoms with Gasteiger partial charge in [0.15, 0.2) is 5.69 Å². The van der Waals surface area contributed by atoms with E-state index in [9.17, 15) is 14.4 Å². The molecule has 0 aliphatic rings. The molecule has 0 aliphatic carbocycles. The number of amides is 1. The molecule has 3 N–H and O–H groups in total. The minimum absolute atomic E-state index is 0.0298. The summed E-state index contributed by atoms with van der Waals surface area (Å²) in [6, 6.07) is 5.40. The van der Waals surface area contributed by atoms with Crippen LogP contribution in [0.4, 0.5) is 11.5 Å². The van der Waals surface area contributed by atoms with Gasteiger partial charge in [0.25, 0.3) is 5.56 Å². The summed E-state index contributed by atoms with van der Waals surface area (Å²) < 4.78 is 7.07. The quantitative estimate of drug-likeness (QED) is 0.446. The minimum Gasteiger partial charge on any atom is -0.494 e. The predicted molar refractivity (Wildman–Crippen MR) is 133 cm³/mol. The Labute approximate surface area is 199 Å². The number of nitrogens with zero attached hydrogens (tertiary/aromatic N) is 2. The minimum atomic E-state index is -0.643. The summed E-state index contributed by atoms with van der Waals surface area (Å²) in [6.45, 7) is 9.04. The van der Waals surface area contributed by atoms with E-state index >= 15 is 0 Å². The van der Waals surface area contributed by atoms with Crippen molar-refractivity contribution >= 4 is 29.0 Å². The van der Waals surface area contributed by atoms with Crippen molar-refractivity contribution in [3.05, 3.63) is 49.6 Å². The van der Waals surface area contributed by atoms with Crippen LogP contribution in [-0.2, 0) is 11.3 Å². The molecule has 1 amide bonds. The number of aromatic amines is 1. The molecule has 2 rings (SSSR count). The van der Waals surface area contributed by atoms with Crippen LogP contribution in [0.1, 0.15) is 58.4 Å². The van der Waals surface area contributed by atoms with Gasteiger partial charge in [0.1, 0.15) is 11.6 Å². The molecule has 0 atom stereocenters. The van der Waals surface area contributed by atoms with Crippen molar-refractivity contribution in [1.29, 1.82) is 0 Å². The molecule has 0 aliphatic heterocycles. The van der Waals surface area contributed by atoms with E-state index in [1.54, 1.807) is 12.1 Å². The van der Waals surface area contributed by atoms with Crippen LogP contribution < -0.4 is 26.6 Å². The molecule has 1 heterocycles. The number of carbonyl (C=O) groups is 1. The summed E-state index contributed by atoms with van der Waals surface area (Å²) in [5, 5.41) is 0.668. The topological polar surface area (TPSA) is 110 Å². The number of ether oxygens (including phenoxy) is 1. The number of rotatable bonds is 12. The number of carbonyl (C=O) groups excluding carboxylic acids is 1. The van der Waals surface area contributed by atoms with Gasteiger partial charge in [0, 0.05) is 24.5 Å². The molecular weight excluding hydrogens is 444 g/mol. The van der Waals surface area contributed by atoms with Crippen molar-refractivity contribution in [3.63, 3.8) is 0 Å². The number of nitrogens with one attached hydrogen (secondary N) is 1. The van der Waals surface area contributed by atoms with Gasteiger partial charge in [-0.15, -0.1) is 0 Å². The molecule has 8 nitrogen and oxygen atoms in total. The van der Waals surface area contributed by atoms with Crippen LogP contribution in [0, 0.1) is 12.8 Å². The first-order chi connectivity index (χ1) is 15.6. The largest absolute Gasteiger partial charge is 0.494 e. The van der Waals surface area contributed by atoms with Gasteiger partial charge < -0.3 is 15.4 Å². The lowest BCUT2D eigenvalue weighted by Gasteiger charge is -2.25. The monoisotopic (exact) mass is 478 g/mol. The Kier molecular flexibility index (Phi) is 10.0. The van der Waals surface area contributed by atoms with E-state index in [-0.39, 0.29) is 23.8 Å². The molecule has 0 saturated heterocycles. The van der Waals surface area contributed by atoms with E-state index in [1.165, 1.54) is 9.47 Å². The smallest absolute Gasteiger partial charge is 0.330 e. The van der Waals surface area contributed by atoms with Crippen molar-refractivity contribution in [2.24, 2.45) is 5.92 Å². The maximum absolute atomic E-state index is 13.1. The molecule has 0 radical (unpaired) electrons. The molecule has 0 spiro atoms. The van der Waals surface area contributed by atoms with Crippen LogP contribution in [0.25, 0.3) is 0 Å². The van der Waals surface area contributed by atoms with Crippen molar-refractivity contribution in [3.8, 4) is 5.75 Å². The normalized spacial score (nSPS) is 11.1.